The molecule has 0 aliphatic rings. The van der Waals surface area contributed by atoms with Crippen LogP contribution in [0.3, 0.4) is 0 Å². The normalized spacial score (nSPS) is 9.25. The fraction of sp³-hybridized carbons (Fsp3) is 0.333. The summed E-state index contributed by atoms with van der Waals surface area (Å²) in [5, 5.41) is 0. The number of aromatic amines is 1. The summed E-state index contributed by atoms with van der Waals surface area (Å²) < 4.78 is 0. The molecule has 3 heteroatoms. The van der Waals surface area contributed by atoms with Crippen LogP contribution in [0.15, 0.2) is 18.5 Å². The summed E-state index contributed by atoms with van der Waals surface area (Å²) in [7, 11) is 0. The minimum absolute atomic E-state index is 0.861. The van der Waals surface area contributed by atoms with Gasteiger partial charge in [0.1, 0.15) is 5.52 Å². The van der Waals surface area contributed by atoms with E-state index in [4.69, 9.17) is 0 Å². The molecular weight excluding hydrogens is 150 g/mol. The minimum Gasteiger partial charge on any atom is -0.342 e. The van der Waals surface area contributed by atoms with Gasteiger partial charge in [-0.25, -0.2) is 4.98 Å². The summed E-state index contributed by atoms with van der Waals surface area (Å²) in [5.74, 6) is 0. The molecule has 0 atom stereocenters. The van der Waals surface area contributed by atoms with Crippen LogP contribution < -0.4 is 0 Å². The molecule has 0 amide bonds. The first-order valence-corrected chi connectivity index (χ1v) is 4.12. The van der Waals surface area contributed by atoms with E-state index in [1.54, 1.807) is 12.4 Å². The molecular formula is C9H13N3. The molecule has 0 aliphatic heterocycles. The maximum Gasteiger partial charge on any atom is 0.156 e. The predicted molar refractivity (Wildman–Crippen MR) is 50.0 cm³/mol. The maximum absolute atomic E-state index is 4.11. The van der Waals surface area contributed by atoms with Gasteiger partial charge in [-0.3, -0.25) is 4.98 Å². The van der Waals surface area contributed by atoms with E-state index in [2.05, 4.69) is 15.0 Å². The lowest BCUT2D eigenvalue weighted by atomic mass is 10.4. The van der Waals surface area contributed by atoms with Gasteiger partial charge in [-0.2, -0.15) is 0 Å². The maximum atomic E-state index is 4.11. The Hall–Kier alpha value is -1.38. The number of fused-ring (bicyclic) bond motifs is 1. The van der Waals surface area contributed by atoms with E-state index in [1.165, 1.54) is 0 Å². The Morgan fingerprint density at radius 3 is 2.50 bits per heavy atom. The number of rotatable bonds is 0. The van der Waals surface area contributed by atoms with Gasteiger partial charge in [0.05, 0.1) is 0 Å². The molecule has 2 rings (SSSR count). The number of nitrogens with one attached hydrogen (secondary N) is 1. The summed E-state index contributed by atoms with van der Waals surface area (Å²) in [6, 6.07) is 1.97. The van der Waals surface area contributed by atoms with E-state index in [1.807, 2.05) is 26.8 Å². The zero-order valence-corrected chi connectivity index (χ0v) is 7.63. The van der Waals surface area contributed by atoms with E-state index in [9.17, 15) is 0 Å². The first kappa shape index (κ1) is 8.71. The Morgan fingerprint density at radius 1 is 1.17 bits per heavy atom. The highest BCUT2D eigenvalue weighted by molar-refractivity contribution is 5.70. The van der Waals surface area contributed by atoms with Gasteiger partial charge in [0, 0.05) is 18.1 Å². The van der Waals surface area contributed by atoms with E-state index in [0.29, 0.717) is 0 Å². The van der Waals surface area contributed by atoms with Crippen molar-refractivity contribution >= 4 is 11.2 Å². The molecule has 64 valence electrons. The van der Waals surface area contributed by atoms with Crippen LogP contribution in [0, 0.1) is 6.92 Å². The molecule has 0 aliphatic carbocycles. The predicted octanol–water partition coefficient (Wildman–Crippen LogP) is 2.29. The van der Waals surface area contributed by atoms with Gasteiger partial charge in [-0.1, -0.05) is 13.8 Å². The fourth-order valence-electron chi connectivity index (χ4n) is 0.979. The second kappa shape index (κ2) is 3.85. The summed E-state index contributed by atoms with van der Waals surface area (Å²) in [4.78, 5) is 11.3. The van der Waals surface area contributed by atoms with Crippen molar-refractivity contribution in [3.05, 3.63) is 24.2 Å². The average molecular weight is 163 g/mol. The molecule has 2 aromatic rings. The number of aromatic nitrogens is 3. The third-order valence-electron chi connectivity index (χ3n) is 1.40. The monoisotopic (exact) mass is 163 g/mol. The van der Waals surface area contributed by atoms with Crippen LogP contribution in [0.5, 0.6) is 0 Å². The topological polar surface area (TPSA) is 41.6 Å². The average Bonchev–Trinajstić information content (AvgIpc) is 2.48. The SMILES string of the molecule is CC.Cc1cc2nccnc2[nH]1. The molecule has 12 heavy (non-hydrogen) atoms. The first-order valence-electron chi connectivity index (χ1n) is 4.12. The van der Waals surface area contributed by atoms with Crippen LogP contribution in [-0.4, -0.2) is 15.0 Å². The number of hydrogen-bond acceptors (Lipinski definition) is 2. The lowest BCUT2D eigenvalue weighted by molar-refractivity contribution is 1.23. The first-order chi connectivity index (χ1) is 5.86. The number of H-pyrrole nitrogens is 1. The molecule has 0 fully saturated rings. The van der Waals surface area contributed by atoms with Gasteiger partial charge in [0.25, 0.3) is 0 Å². The third-order valence-corrected chi connectivity index (χ3v) is 1.40. The highest BCUT2D eigenvalue weighted by atomic mass is 14.9. The summed E-state index contributed by atoms with van der Waals surface area (Å²) in [6.07, 6.45) is 3.37. The van der Waals surface area contributed by atoms with Gasteiger partial charge < -0.3 is 4.98 Å². The molecule has 0 aromatic carbocycles. The molecule has 0 bridgehead atoms. The van der Waals surface area contributed by atoms with E-state index in [-0.39, 0.29) is 0 Å². The number of aryl methyl sites for hydroxylation is 1. The van der Waals surface area contributed by atoms with Crippen molar-refractivity contribution in [2.75, 3.05) is 0 Å². The van der Waals surface area contributed by atoms with Crippen LogP contribution in [0.1, 0.15) is 19.5 Å². The largest absolute Gasteiger partial charge is 0.342 e. The van der Waals surface area contributed by atoms with E-state index >= 15 is 0 Å². The summed E-state index contributed by atoms with van der Waals surface area (Å²) >= 11 is 0. The van der Waals surface area contributed by atoms with E-state index < -0.39 is 0 Å². The second-order valence-corrected chi connectivity index (χ2v) is 2.24. The van der Waals surface area contributed by atoms with Crippen LogP contribution in [0.25, 0.3) is 11.2 Å². The molecule has 0 saturated heterocycles. The van der Waals surface area contributed by atoms with Crippen molar-refractivity contribution in [1.29, 1.82) is 0 Å². The van der Waals surface area contributed by atoms with Crippen LogP contribution in [-0.2, 0) is 0 Å². The Kier molecular flexibility index (Phi) is 2.80. The molecule has 0 saturated carbocycles. The molecule has 0 radical (unpaired) electrons. The highest BCUT2D eigenvalue weighted by Crippen LogP contribution is 2.06. The van der Waals surface area contributed by atoms with Crippen molar-refractivity contribution in [3.8, 4) is 0 Å². The van der Waals surface area contributed by atoms with Crippen LogP contribution in [0.4, 0.5) is 0 Å². The second-order valence-electron chi connectivity index (χ2n) is 2.24. The number of hydrogen-bond donors (Lipinski definition) is 1. The molecule has 2 heterocycles. The summed E-state index contributed by atoms with van der Waals surface area (Å²) in [5.41, 5.74) is 2.89. The van der Waals surface area contributed by atoms with Crippen LogP contribution in [0.2, 0.25) is 0 Å². The fourth-order valence-corrected chi connectivity index (χ4v) is 0.979. The van der Waals surface area contributed by atoms with Crippen LogP contribution >= 0.6 is 0 Å². The van der Waals surface area contributed by atoms with Crippen molar-refractivity contribution in [3.63, 3.8) is 0 Å². The van der Waals surface area contributed by atoms with Crippen molar-refractivity contribution < 1.29 is 0 Å². The molecule has 1 N–H and O–H groups in total. The third kappa shape index (κ3) is 1.61. The Morgan fingerprint density at radius 2 is 1.83 bits per heavy atom. The lowest BCUT2D eigenvalue weighted by Crippen LogP contribution is -1.76. The van der Waals surface area contributed by atoms with Gasteiger partial charge >= 0.3 is 0 Å². The Labute approximate surface area is 71.9 Å². The quantitative estimate of drug-likeness (QED) is 0.647. The Bertz CT molecular complexity index is 318. The van der Waals surface area contributed by atoms with Crippen molar-refractivity contribution in [2.24, 2.45) is 0 Å². The molecule has 3 nitrogen and oxygen atoms in total. The van der Waals surface area contributed by atoms with Gasteiger partial charge in [-0.15, -0.1) is 0 Å². The van der Waals surface area contributed by atoms with Gasteiger partial charge in [0.15, 0.2) is 5.65 Å². The Balaban J connectivity index is 0.000000336. The zero-order chi connectivity index (χ0) is 8.97. The van der Waals surface area contributed by atoms with E-state index in [0.717, 1.165) is 16.9 Å². The minimum atomic E-state index is 0.861. The number of nitrogens with zero attached hydrogens (tertiary/aromatic N) is 2. The van der Waals surface area contributed by atoms with Crippen molar-refractivity contribution in [2.45, 2.75) is 20.8 Å². The molecule has 0 unspecified atom stereocenters. The highest BCUT2D eigenvalue weighted by Gasteiger charge is 1.95. The van der Waals surface area contributed by atoms with Gasteiger partial charge in [-0.05, 0) is 13.0 Å². The standard InChI is InChI=1S/C7H7N3.C2H6/c1-5-4-6-7(10-5)9-3-2-8-6;1-2/h2-4H,1H3,(H,9,10);1-2H3. The lowest BCUT2D eigenvalue weighted by Gasteiger charge is -1.82. The molecule has 0 spiro atoms. The smallest absolute Gasteiger partial charge is 0.156 e. The van der Waals surface area contributed by atoms with Crippen molar-refractivity contribution in [1.82, 2.24) is 15.0 Å². The zero-order valence-electron chi connectivity index (χ0n) is 7.63. The molecule has 2 aromatic heterocycles. The van der Waals surface area contributed by atoms with Gasteiger partial charge in [0.2, 0.25) is 0 Å². The summed E-state index contributed by atoms with van der Waals surface area (Å²) in [6.45, 7) is 5.99.